The second kappa shape index (κ2) is 10.6. The molecule has 180 valence electrons. The highest BCUT2D eigenvalue weighted by Crippen LogP contribution is 2.27. The number of hydrogen-bond donors (Lipinski definition) is 3. The molecule has 11 heteroatoms. The first-order chi connectivity index (χ1) is 16.0. The largest absolute Gasteiger partial charge is 0.444 e. The fraction of sp³-hybridized carbons (Fsp3) is 0.261. The number of alkyl carbamates (subject to hydrolysis) is 1. The highest BCUT2D eigenvalue weighted by Gasteiger charge is 2.16. The fourth-order valence-electron chi connectivity index (χ4n) is 2.77. The summed E-state index contributed by atoms with van der Waals surface area (Å²) in [5.74, 6) is -3.71. The molecule has 0 unspecified atom stereocenters. The molecule has 7 nitrogen and oxygen atoms in total. The van der Waals surface area contributed by atoms with Gasteiger partial charge in [-0.2, -0.15) is 0 Å². The first-order valence-corrected chi connectivity index (χ1v) is 11.1. The van der Waals surface area contributed by atoms with E-state index < -0.39 is 40.9 Å². The Morgan fingerprint density at radius 2 is 1.68 bits per heavy atom. The lowest BCUT2D eigenvalue weighted by atomic mass is 10.2. The molecule has 1 heterocycles. The van der Waals surface area contributed by atoms with Crippen molar-refractivity contribution in [3.8, 4) is 10.4 Å². The van der Waals surface area contributed by atoms with Crippen LogP contribution in [0.3, 0.4) is 0 Å². The summed E-state index contributed by atoms with van der Waals surface area (Å²) in [6, 6.07) is 6.93. The molecule has 0 saturated carbocycles. The number of thiazole rings is 1. The van der Waals surface area contributed by atoms with E-state index in [2.05, 4.69) is 20.9 Å². The number of rotatable bonds is 6. The van der Waals surface area contributed by atoms with Crippen molar-refractivity contribution in [2.75, 3.05) is 17.2 Å². The number of carbonyl (C=O) groups excluding carboxylic acids is 2. The maximum absolute atomic E-state index is 13.7. The molecule has 0 fully saturated rings. The average Bonchev–Trinajstić information content (AvgIpc) is 3.20. The summed E-state index contributed by atoms with van der Waals surface area (Å²) in [5.41, 5.74) is 0.234. The van der Waals surface area contributed by atoms with Crippen LogP contribution >= 0.6 is 11.3 Å². The summed E-state index contributed by atoms with van der Waals surface area (Å²) in [6.07, 6.45) is 1.78. The van der Waals surface area contributed by atoms with E-state index in [1.165, 1.54) is 11.3 Å². The van der Waals surface area contributed by atoms with Crippen molar-refractivity contribution in [3.63, 3.8) is 0 Å². The molecular formula is C23H23F3N4O3S. The number of ether oxygens (including phenoxy) is 1. The minimum Gasteiger partial charge on any atom is -0.444 e. The lowest BCUT2D eigenvalue weighted by Crippen LogP contribution is -2.33. The Morgan fingerprint density at radius 1 is 1.00 bits per heavy atom. The first kappa shape index (κ1) is 25.0. The van der Waals surface area contributed by atoms with E-state index in [1.807, 2.05) is 0 Å². The normalized spacial score (nSPS) is 11.1. The first-order valence-electron chi connectivity index (χ1n) is 10.2. The summed E-state index contributed by atoms with van der Waals surface area (Å²) in [5, 5.41) is 8.15. The number of halogens is 3. The van der Waals surface area contributed by atoms with Gasteiger partial charge in [0.25, 0.3) is 0 Å². The minimum absolute atomic E-state index is 0.358. The zero-order valence-corrected chi connectivity index (χ0v) is 19.5. The van der Waals surface area contributed by atoms with Crippen molar-refractivity contribution in [2.24, 2.45) is 0 Å². The van der Waals surface area contributed by atoms with Gasteiger partial charge in [0.2, 0.25) is 0 Å². The van der Waals surface area contributed by atoms with E-state index in [1.54, 1.807) is 51.2 Å². The molecule has 34 heavy (non-hydrogen) atoms. The lowest BCUT2D eigenvalue weighted by Gasteiger charge is -2.19. The van der Waals surface area contributed by atoms with Gasteiger partial charge in [-0.25, -0.2) is 27.7 Å². The number of aromatic nitrogens is 1. The predicted molar refractivity (Wildman–Crippen MR) is 124 cm³/mol. The van der Waals surface area contributed by atoms with Crippen LogP contribution in [0, 0.1) is 17.5 Å². The van der Waals surface area contributed by atoms with Crippen LogP contribution in [0.5, 0.6) is 0 Å². The Morgan fingerprint density at radius 3 is 2.35 bits per heavy atom. The molecule has 3 N–H and O–H groups in total. The second-order valence-electron chi connectivity index (χ2n) is 8.20. The standard InChI is InChI=1S/C23H23F3N4O3S/c1-23(2,3)33-22(32)27-9-8-20-28-12-19(34-20)13-4-6-14(7-5-13)29-21(31)30-18-11-16(25)15(24)10-17(18)26/h4-7,10-12H,8-9H2,1-3H3,(H,27,32)(H2,29,30,31). The molecule has 2 aromatic carbocycles. The maximum Gasteiger partial charge on any atom is 0.407 e. The van der Waals surface area contributed by atoms with Crippen LogP contribution < -0.4 is 16.0 Å². The third kappa shape index (κ3) is 7.20. The van der Waals surface area contributed by atoms with E-state index in [-0.39, 0.29) is 0 Å². The summed E-state index contributed by atoms with van der Waals surface area (Å²) in [4.78, 5) is 29.0. The lowest BCUT2D eigenvalue weighted by molar-refractivity contribution is 0.0528. The second-order valence-corrected chi connectivity index (χ2v) is 9.31. The van der Waals surface area contributed by atoms with Gasteiger partial charge in [0.15, 0.2) is 11.6 Å². The van der Waals surface area contributed by atoms with Crippen molar-refractivity contribution in [3.05, 3.63) is 65.1 Å². The Hall–Kier alpha value is -3.60. The molecule has 0 aliphatic rings. The SMILES string of the molecule is CC(C)(C)OC(=O)NCCc1ncc(-c2ccc(NC(=O)Nc3cc(F)c(F)cc3F)cc2)s1. The van der Waals surface area contributed by atoms with E-state index >= 15 is 0 Å². The number of anilines is 2. The van der Waals surface area contributed by atoms with Crippen LogP contribution in [0.4, 0.5) is 34.1 Å². The van der Waals surface area contributed by atoms with Gasteiger partial charge >= 0.3 is 12.1 Å². The van der Waals surface area contributed by atoms with Crippen molar-refractivity contribution >= 4 is 34.8 Å². The van der Waals surface area contributed by atoms with Gasteiger partial charge in [0.1, 0.15) is 11.4 Å². The Kier molecular flexibility index (Phi) is 7.77. The molecule has 0 bridgehead atoms. The fourth-order valence-corrected chi connectivity index (χ4v) is 3.69. The van der Waals surface area contributed by atoms with Crippen molar-refractivity contribution < 1.29 is 27.5 Å². The van der Waals surface area contributed by atoms with Gasteiger partial charge in [-0.15, -0.1) is 11.3 Å². The zero-order valence-electron chi connectivity index (χ0n) is 18.7. The third-order valence-electron chi connectivity index (χ3n) is 4.25. The zero-order chi connectivity index (χ0) is 24.9. The van der Waals surface area contributed by atoms with E-state index in [9.17, 15) is 22.8 Å². The quantitative estimate of drug-likeness (QED) is 0.372. The number of amides is 3. The molecule has 0 spiro atoms. The van der Waals surface area contributed by atoms with Crippen molar-refractivity contribution in [1.82, 2.24) is 10.3 Å². The van der Waals surface area contributed by atoms with Gasteiger partial charge in [-0.1, -0.05) is 12.1 Å². The summed E-state index contributed by atoms with van der Waals surface area (Å²) >= 11 is 1.47. The highest BCUT2D eigenvalue weighted by atomic mass is 32.1. The summed E-state index contributed by atoms with van der Waals surface area (Å²) in [7, 11) is 0. The van der Waals surface area contributed by atoms with E-state index in [0.717, 1.165) is 15.4 Å². The molecule has 0 aliphatic heterocycles. The smallest absolute Gasteiger partial charge is 0.407 e. The Bertz CT molecular complexity index is 1180. The summed E-state index contributed by atoms with van der Waals surface area (Å²) < 4.78 is 45.1. The topological polar surface area (TPSA) is 92.3 Å². The van der Waals surface area contributed by atoms with E-state index in [0.29, 0.717) is 30.8 Å². The molecule has 0 atom stereocenters. The number of nitrogens with zero attached hydrogens (tertiary/aromatic N) is 1. The van der Waals surface area contributed by atoms with Crippen LogP contribution in [-0.4, -0.2) is 29.3 Å². The van der Waals surface area contributed by atoms with Crippen LogP contribution in [-0.2, 0) is 11.2 Å². The predicted octanol–water partition coefficient (Wildman–Crippen LogP) is 5.94. The molecule has 3 amide bonds. The van der Waals surface area contributed by atoms with Gasteiger partial charge in [0, 0.05) is 37.0 Å². The number of carbonyl (C=O) groups is 2. The Labute approximate surface area is 198 Å². The van der Waals surface area contributed by atoms with Crippen LogP contribution in [0.25, 0.3) is 10.4 Å². The number of benzene rings is 2. The molecule has 3 rings (SSSR count). The van der Waals surface area contributed by atoms with E-state index in [4.69, 9.17) is 4.74 Å². The molecule has 0 aliphatic carbocycles. The highest BCUT2D eigenvalue weighted by molar-refractivity contribution is 7.15. The maximum atomic E-state index is 13.7. The van der Waals surface area contributed by atoms with Gasteiger partial charge in [-0.05, 0) is 38.5 Å². The Balaban J connectivity index is 1.53. The summed E-state index contributed by atoms with van der Waals surface area (Å²) in [6.45, 7) is 5.76. The molecule has 0 radical (unpaired) electrons. The molecule has 0 saturated heterocycles. The van der Waals surface area contributed by atoms with Crippen molar-refractivity contribution in [1.29, 1.82) is 0 Å². The molecule has 1 aromatic heterocycles. The van der Waals surface area contributed by atoms with Crippen LogP contribution in [0.1, 0.15) is 25.8 Å². The average molecular weight is 493 g/mol. The third-order valence-corrected chi connectivity index (χ3v) is 5.35. The monoisotopic (exact) mass is 492 g/mol. The number of urea groups is 1. The van der Waals surface area contributed by atoms with Gasteiger partial charge in [0.05, 0.1) is 15.6 Å². The van der Waals surface area contributed by atoms with Crippen LogP contribution in [0.2, 0.25) is 0 Å². The van der Waals surface area contributed by atoms with Gasteiger partial charge in [-0.3, -0.25) is 0 Å². The van der Waals surface area contributed by atoms with Crippen molar-refractivity contribution in [2.45, 2.75) is 32.8 Å². The number of nitrogens with one attached hydrogen (secondary N) is 3. The van der Waals surface area contributed by atoms with Gasteiger partial charge < -0.3 is 20.7 Å². The molecular weight excluding hydrogens is 469 g/mol. The van der Waals surface area contributed by atoms with Crippen LogP contribution in [0.15, 0.2) is 42.6 Å². The molecule has 3 aromatic rings. The number of hydrogen-bond acceptors (Lipinski definition) is 5. The minimum atomic E-state index is -1.34.